The van der Waals surface area contributed by atoms with Gasteiger partial charge in [0.05, 0.1) is 31.5 Å². The number of rotatable bonds is 19. The van der Waals surface area contributed by atoms with Crippen LogP contribution in [0.1, 0.15) is 53.7 Å². The molecule has 2 unspecified atom stereocenters. The van der Waals surface area contributed by atoms with E-state index in [4.69, 9.17) is 18.9 Å². The number of anilines is 1. The van der Waals surface area contributed by atoms with Gasteiger partial charge in [0.15, 0.2) is 6.10 Å². The Hall–Kier alpha value is -7.05. The number of phenols is 1. The summed E-state index contributed by atoms with van der Waals surface area (Å²) in [5, 5.41) is 19.8. The van der Waals surface area contributed by atoms with Crippen LogP contribution < -0.4 is 30.3 Å². The molecule has 0 aliphatic carbocycles. The normalized spacial score (nSPS) is 13.9. The van der Waals surface area contributed by atoms with Gasteiger partial charge in [0.2, 0.25) is 0 Å². The molecule has 2 atom stereocenters. The number of benzene rings is 4. The number of aromatic hydroxyl groups is 1. The van der Waals surface area contributed by atoms with Crippen molar-refractivity contribution in [3.8, 4) is 34.1 Å². The van der Waals surface area contributed by atoms with Gasteiger partial charge in [-0.2, -0.15) is 13.5 Å². The molecule has 18 heteroatoms. The third-order valence-electron chi connectivity index (χ3n) is 9.76. The molecule has 330 valence electrons. The molecule has 63 heavy (non-hydrogen) atoms. The lowest BCUT2D eigenvalue weighted by Gasteiger charge is -2.25. The summed E-state index contributed by atoms with van der Waals surface area (Å²) < 4.78 is 69.0. The number of fused-ring (bicyclic) bond motifs is 1. The summed E-state index contributed by atoms with van der Waals surface area (Å²) in [6, 6.07) is 22.4. The number of nitrogens with zero attached hydrogens (tertiary/aromatic N) is 2. The number of aryl methyl sites for hydroxylation is 2. The van der Waals surface area contributed by atoms with Gasteiger partial charge in [-0.05, 0) is 85.3 Å². The summed E-state index contributed by atoms with van der Waals surface area (Å²) in [4.78, 5) is 42.0. The predicted molar refractivity (Wildman–Crippen MR) is 230 cm³/mol. The first-order chi connectivity index (χ1) is 30.3. The van der Waals surface area contributed by atoms with Crippen LogP contribution in [0, 0.1) is 5.82 Å². The second-order valence-corrected chi connectivity index (χ2v) is 15.7. The van der Waals surface area contributed by atoms with Gasteiger partial charge in [0.1, 0.15) is 52.2 Å². The Labute approximate surface area is 363 Å². The number of amides is 2. The van der Waals surface area contributed by atoms with Crippen molar-refractivity contribution < 1.29 is 55.8 Å². The topological polar surface area (TPSA) is 224 Å². The van der Waals surface area contributed by atoms with Gasteiger partial charge in [0, 0.05) is 35.9 Å². The highest BCUT2D eigenvalue weighted by molar-refractivity contribution is 7.86. The highest BCUT2D eigenvalue weighted by Gasteiger charge is 2.27. The number of carbonyl (C=O) groups is 3. The zero-order chi connectivity index (χ0) is 44.9. The van der Waals surface area contributed by atoms with Crippen molar-refractivity contribution >= 4 is 39.9 Å². The van der Waals surface area contributed by atoms with Crippen LogP contribution in [0.2, 0.25) is 0 Å². The first kappa shape index (κ1) is 45.5. The summed E-state index contributed by atoms with van der Waals surface area (Å²) in [6.45, 7) is 3.99. The summed E-state index contributed by atoms with van der Waals surface area (Å²) in [6.07, 6.45) is 3.95. The highest BCUT2D eigenvalue weighted by Crippen LogP contribution is 2.36. The van der Waals surface area contributed by atoms with Gasteiger partial charge in [-0.3, -0.25) is 19.6 Å². The highest BCUT2D eigenvalue weighted by atomic mass is 32.2. The quantitative estimate of drug-likeness (QED) is 0.0216. The number of aromatic nitrogens is 1. The molecule has 5 aromatic rings. The standard InChI is InChI=1S/C45H46FN5O11S/c1-3-29-23-36(30-9-14-34(46)15-10-30)37(52)25-39(29)60-21-6-20-59-35-16-11-31-12-17-38(62-40(31)24-35)44(54)47-19-22-61-45(55)28(2)50-43(53)33-13-18-42(48-26-33)51-49-27-32-7-4-5-8-41(32)63(56,57)58/h4-5,7-11,13-16,18,23-28,38,52H,3,6,12,17,19-22H2,1-2H3,(H,47,54)(H,48,51)(H,50,53)(H,56,57,58)/b49-27+. The molecule has 0 spiro atoms. The molecule has 2 heterocycles. The fraction of sp³-hybridized carbons (Fsp3) is 0.267. The minimum Gasteiger partial charge on any atom is -0.507 e. The average molecular weight is 884 g/mol. The smallest absolute Gasteiger partial charge is 0.328 e. The van der Waals surface area contributed by atoms with E-state index in [1.165, 1.54) is 61.8 Å². The number of esters is 1. The molecule has 5 N–H and O–H groups in total. The lowest BCUT2D eigenvalue weighted by molar-refractivity contribution is -0.145. The maximum atomic E-state index is 13.4. The Morgan fingerprint density at radius 1 is 1.00 bits per heavy atom. The predicted octanol–water partition coefficient (Wildman–Crippen LogP) is 5.87. The van der Waals surface area contributed by atoms with E-state index in [0.29, 0.717) is 67.3 Å². The number of phenolic OH excluding ortho intramolecular Hbond substituents is 1. The number of pyridine rings is 1. The van der Waals surface area contributed by atoms with Crippen molar-refractivity contribution in [1.82, 2.24) is 15.6 Å². The maximum absolute atomic E-state index is 13.4. The minimum atomic E-state index is -4.45. The Morgan fingerprint density at radius 3 is 2.52 bits per heavy atom. The first-order valence-corrected chi connectivity index (χ1v) is 21.5. The fourth-order valence-corrected chi connectivity index (χ4v) is 7.10. The van der Waals surface area contributed by atoms with Gasteiger partial charge in [-0.15, -0.1) is 0 Å². The van der Waals surface area contributed by atoms with Gasteiger partial charge in [-0.1, -0.05) is 43.3 Å². The molecule has 1 aromatic heterocycles. The van der Waals surface area contributed by atoms with Crippen molar-refractivity contribution in [3.05, 3.63) is 125 Å². The molecule has 0 saturated heterocycles. The lowest BCUT2D eigenvalue weighted by Crippen LogP contribution is -2.43. The molecule has 1 aliphatic heterocycles. The molecule has 6 rings (SSSR count). The maximum Gasteiger partial charge on any atom is 0.328 e. The van der Waals surface area contributed by atoms with Crippen LogP contribution >= 0.6 is 0 Å². The molecule has 0 bridgehead atoms. The second-order valence-electron chi connectivity index (χ2n) is 14.3. The Morgan fingerprint density at radius 2 is 1.78 bits per heavy atom. The van der Waals surface area contributed by atoms with Crippen molar-refractivity contribution in [2.75, 3.05) is 31.8 Å². The average Bonchev–Trinajstić information content (AvgIpc) is 3.27. The van der Waals surface area contributed by atoms with Crippen LogP contribution in [-0.2, 0) is 37.3 Å². The number of hydrazone groups is 1. The van der Waals surface area contributed by atoms with Crippen LogP contribution in [-0.4, -0.2) is 85.6 Å². The molecule has 1 aliphatic rings. The van der Waals surface area contributed by atoms with Crippen molar-refractivity contribution in [1.29, 1.82) is 0 Å². The van der Waals surface area contributed by atoms with E-state index in [9.17, 15) is 36.9 Å². The monoisotopic (exact) mass is 883 g/mol. The van der Waals surface area contributed by atoms with E-state index in [1.54, 1.807) is 30.3 Å². The van der Waals surface area contributed by atoms with Crippen LogP contribution in [0.25, 0.3) is 11.1 Å². The fourth-order valence-electron chi connectivity index (χ4n) is 6.43. The van der Waals surface area contributed by atoms with Gasteiger partial charge in [-0.25, -0.2) is 14.2 Å². The Kier molecular flexibility index (Phi) is 15.3. The van der Waals surface area contributed by atoms with Crippen LogP contribution in [0.3, 0.4) is 0 Å². The van der Waals surface area contributed by atoms with Gasteiger partial charge >= 0.3 is 5.97 Å². The second kappa shape index (κ2) is 21.2. The largest absolute Gasteiger partial charge is 0.507 e. The van der Waals surface area contributed by atoms with E-state index < -0.39 is 34.1 Å². The zero-order valence-electron chi connectivity index (χ0n) is 34.4. The number of carbonyl (C=O) groups excluding carboxylic acids is 3. The van der Waals surface area contributed by atoms with Gasteiger partial charge in [0.25, 0.3) is 21.9 Å². The molecule has 4 aromatic carbocycles. The van der Waals surface area contributed by atoms with Gasteiger partial charge < -0.3 is 34.7 Å². The van der Waals surface area contributed by atoms with Crippen molar-refractivity contribution in [3.63, 3.8) is 0 Å². The van der Waals surface area contributed by atoms with E-state index >= 15 is 0 Å². The van der Waals surface area contributed by atoms with Crippen LogP contribution in [0.4, 0.5) is 10.2 Å². The lowest BCUT2D eigenvalue weighted by atomic mass is 10.00. The Balaban J connectivity index is 0.878. The van der Waals surface area contributed by atoms with Crippen molar-refractivity contribution in [2.45, 2.75) is 56.6 Å². The Bertz CT molecular complexity index is 2560. The van der Waals surface area contributed by atoms with E-state index in [1.807, 2.05) is 25.1 Å². The van der Waals surface area contributed by atoms with E-state index in [2.05, 4.69) is 26.1 Å². The van der Waals surface area contributed by atoms with Crippen molar-refractivity contribution in [2.24, 2.45) is 5.10 Å². The molecule has 0 fully saturated rings. The van der Waals surface area contributed by atoms with Crippen LogP contribution in [0.15, 0.2) is 107 Å². The summed E-state index contributed by atoms with van der Waals surface area (Å²) in [5.74, 6) is -0.100. The third-order valence-corrected chi connectivity index (χ3v) is 10.7. The SMILES string of the molecule is CCc1cc(-c2ccc(F)cc2)c(O)cc1OCCCOc1ccc2c(c1)OC(C(=O)NCCOC(=O)C(C)NC(=O)c1ccc(N/N=C/c3ccccc3S(=O)(=O)O)nc1)CC2. The zero-order valence-corrected chi connectivity index (χ0v) is 35.2. The molecule has 0 saturated carbocycles. The molecule has 16 nitrogen and oxygen atoms in total. The molecular weight excluding hydrogens is 838 g/mol. The molecule has 0 radical (unpaired) electrons. The number of halogens is 1. The van der Waals surface area contributed by atoms with Crippen LogP contribution in [0.5, 0.6) is 23.0 Å². The number of nitrogens with one attached hydrogen (secondary N) is 3. The first-order valence-electron chi connectivity index (χ1n) is 20.0. The summed E-state index contributed by atoms with van der Waals surface area (Å²) in [5.41, 5.74) is 6.03. The number of hydrogen-bond donors (Lipinski definition) is 5. The molecule has 2 amide bonds. The summed E-state index contributed by atoms with van der Waals surface area (Å²) >= 11 is 0. The van der Waals surface area contributed by atoms with E-state index in [0.717, 1.165) is 11.1 Å². The number of ether oxygens (including phenoxy) is 4. The molecular formula is C45H46FN5O11S. The minimum absolute atomic E-state index is 0.0171. The number of hydrogen-bond acceptors (Lipinski definition) is 13. The summed E-state index contributed by atoms with van der Waals surface area (Å²) in [7, 11) is -4.45. The van der Waals surface area contributed by atoms with E-state index in [-0.39, 0.29) is 52.5 Å². The third kappa shape index (κ3) is 12.5.